The van der Waals surface area contributed by atoms with Crippen LogP contribution in [0.15, 0.2) is 95.6 Å². The standard InChI is InChI=1S/C27H25N5O2/c1-31(16-8-12-21-18-23(29-28-21)20-10-4-2-5-11-20)27(33)25-19-24(26-15-9-17-34-26)30-32(25)22-13-6-3-7-14-22/h2-7,9-11,13-15,17-19H,8,12,16H2,1H3,(H,28,29). The Morgan fingerprint density at radius 1 is 0.971 bits per heavy atom. The van der Waals surface area contributed by atoms with Crippen LogP contribution in [-0.4, -0.2) is 44.4 Å². The summed E-state index contributed by atoms with van der Waals surface area (Å²) in [4.78, 5) is 15.1. The van der Waals surface area contributed by atoms with E-state index in [-0.39, 0.29) is 5.91 Å². The van der Waals surface area contributed by atoms with Crippen molar-refractivity contribution >= 4 is 5.91 Å². The lowest BCUT2D eigenvalue weighted by molar-refractivity contribution is 0.0784. The van der Waals surface area contributed by atoms with Gasteiger partial charge in [0.25, 0.3) is 5.91 Å². The Kier molecular flexibility index (Phi) is 6.07. The van der Waals surface area contributed by atoms with Crippen molar-refractivity contribution in [3.8, 4) is 28.4 Å². The molecular weight excluding hydrogens is 426 g/mol. The number of benzene rings is 2. The number of nitrogens with one attached hydrogen (secondary N) is 1. The number of rotatable bonds is 8. The van der Waals surface area contributed by atoms with Gasteiger partial charge in [-0.2, -0.15) is 10.2 Å². The molecule has 3 aromatic heterocycles. The van der Waals surface area contributed by atoms with Crippen LogP contribution in [-0.2, 0) is 6.42 Å². The number of amides is 1. The number of carbonyl (C=O) groups is 1. The van der Waals surface area contributed by atoms with Crippen LogP contribution >= 0.6 is 0 Å². The largest absolute Gasteiger partial charge is 0.463 e. The van der Waals surface area contributed by atoms with E-state index in [9.17, 15) is 4.79 Å². The van der Waals surface area contributed by atoms with Gasteiger partial charge in [-0.3, -0.25) is 9.89 Å². The number of H-pyrrole nitrogens is 1. The van der Waals surface area contributed by atoms with Crippen molar-refractivity contribution < 1.29 is 9.21 Å². The maximum atomic E-state index is 13.4. The first kappa shape index (κ1) is 21.5. The van der Waals surface area contributed by atoms with E-state index in [1.165, 1.54) is 0 Å². The molecule has 34 heavy (non-hydrogen) atoms. The molecule has 1 amide bonds. The molecular formula is C27H25N5O2. The Morgan fingerprint density at radius 3 is 2.47 bits per heavy atom. The van der Waals surface area contributed by atoms with Gasteiger partial charge in [-0.05, 0) is 43.2 Å². The summed E-state index contributed by atoms with van der Waals surface area (Å²) in [5, 5.41) is 12.2. The molecule has 0 bridgehead atoms. The number of furan rings is 1. The molecule has 3 heterocycles. The number of hydrogen-bond acceptors (Lipinski definition) is 4. The Bertz CT molecular complexity index is 1350. The highest BCUT2D eigenvalue weighted by Crippen LogP contribution is 2.23. The highest BCUT2D eigenvalue weighted by atomic mass is 16.3. The van der Waals surface area contributed by atoms with E-state index < -0.39 is 0 Å². The monoisotopic (exact) mass is 451 g/mol. The highest BCUT2D eigenvalue weighted by molar-refractivity contribution is 5.94. The molecule has 5 rings (SSSR count). The maximum Gasteiger partial charge on any atom is 0.272 e. The average Bonchev–Trinajstić information content (AvgIpc) is 3.65. The molecule has 0 saturated carbocycles. The van der Waals surface area contributed by atoms with Crippen molar-refractivity contribution in [3.05, 3.63) is 103 Å². The molecule has 170 valence electrons. The number of hydrogen-bond donors (Lipinski definition) is 1. The van der Waals surface area contributed by atoms with E-state index in [1.807, 2.05) is 79.8 Å². The van der Waals surface area contributed by atoms with E-state index in [2.05, 4.69) is 21.4 Å². The zero-order chi connectivity index (χ0) is 23.3. The molecule has 0 fully saturated rings. The van der Waals surface area contributed by atoms with Crippen molar-refractivity contribution in [2.24, 2.45) is 0 Å². The topological polar surface area (TPSA) is 80.0 Å². The van der Waals surface area contributed by atoms with Crippen LogP contribution in [0, 0.1) is 0 Å². The normalized spacial score (nSPS) is 11.0. The maximum absolute atomic E-state index is 13.4. The molecule has 0 aliphatic rings. The summed E-state index contributed by atoms with van der Waals surface area (Å²) in [6.07, 6.45) is 3.21. The van der Waals surface area contributed by atoms with Crippen LogP contribution in [0.4, 0.5) is 0 Å². The fourth-order valence-corrected chi connectivity index (χ4v) is 3.89. The minimum absolute atomic E-state index is 0.0938. The number of aromatic nitrogens is 4. The molecule has 2 aromatic carbocycles. The van der Waals surface area contributed by atoms with Gasteiger partial charge in [0.05, 0.1) is 17.6 Å². The van der Waals surface area contributed by atoms with Crippen molar-refractivity contribution in [2.45, 2.75) is 12.8 Å². The molecule has 0 radical (unpaired) electrons. The van der Waals surface area contributed by atoms with Gasteiger partial charge in [0.15, 0.2) is 5.76 Å². The fourth-order valence-electron chi connectivity index (χ4n) is 3.89. The second-order valence-corrected chi connectivity index (χ2v) is 8.11. The lowest BCUT2D eigenvalue weighted by Gasteiger charge is -2.17. The molecule has 0 atom stereocenters. The predicted molar refractivity (Wildman–Crippen MR) is 131 cm³/mol. The number of nitrogens with zero attached hydrogens (tertiary/aromatic N) is 4. The molecule has 0 saturated heterocycles. The third-order valence-corrected chi connectivity index (χ3v) is 5.69. The van der Waals surface area contributed by atoms with E-state index in [4.69, 9.17) is 4.42 Å². The first-order valence-electron chi connectivity index (χ1n) is 11.2. The van der Waals surface area contributed by atoms with Crippen molar-refractivity contribution in [1.29, 1.82) is 0 Å². The van der Waals surface area contributed by atoms with Crippen LogP contribution in [0.2, 0.25) is 0 Å². The van der Waals surface area contributed by atoms with Gasteiger partial charge < -0.3 is 9.32 Å². The van der Waals surface area contributed by atoms with Gasteiger partial charge >= 0.3 is 0 Å². The molecule has 0 unspecified atom stereocenters. The zero-order valence-electron chi connectivity index (χ0n) is 18.9. The first-order chi connectivity index (χ1) is 16.7. The van der Waals surface area contributed by atoms with E-state index in [0.717, 1.165) is 35.5 Å². The van der Waals surface area contributed by atoms with Crippen LogP contribution in [0.5, 0.6) is 0 Å². The Hall–Kier alpha value is -4.39. The summed E-state index contributed by atoms with van der Waals surface area (Å²) in [6, 6.07) is 27.2. The number of carbonyl (C=O) groups excluding carboxylic acids is 1. The van der Waals surface area contributed by atoms with E-state index in [1.54, 1.807) is 21.9 Å². The van der Waals surface area contributed by atoms with Gasteiger partial charge in [0.2, 0.25) is 0 Å². The molecule has 5 aromatic rings. The Balaban J connectivity index is 1.28. The van der Waals surface area contributed by atoms with Gasteiger partial charge in [-0.25, -0.2) is 4.68 Å². The number of para-hydroxylation sites is 1. The van der Waals surface area contributed by atoms with Crippen LogP contribution < -0.4 is 0 Å². The molecule has 0 aliphatic heterocycles. The molecule has 0 aliphatic carbocycles. The average molecular weight is 452 g/mol. The van der Waals surface area contributed by atoms with E-state index in [0.29, 0.717) is 23.7 Å². The van der Waals surface area contributed by atoms with Gasteiger partial charge in [0, 0.05) is 30.9 Å². The van der Waals surface area contributed by atoms with Crippen molar-refractivity contribution in [3.63, 3.8) is 0 Å². The second-order valence-electron chi connectivity index (χ2n) is 8.11. The number of aromatic amines is 1. The quantitative estimate of drug-likeness (QED) is 0.350. The van der Waals surface area contributed by atoms with Crippen LogP contribution in [0.3, 0.4) is 0 Å². The summed E-state index contributed by atoms with van der Waals surface area (Å²) >= 11 is 0. The highest BCUT2D eigenvalue weighted by Gasteiger charge is 2.21. The van der Waals surface area contributed by atoms with E-state index >= 15 is 0 Å². The summed E-state index contributed by atoms with van der Waals surface area (Å²) in [6.45, 7) is 0.606. The Morgan fingerprint density at radius 2 is 1.74 bits per heavy atom. The third kappa shape index (κ3) is 4.54. The summed E-state index contributed by atoms with van der Waals surface area (Å²) < 4.78 is 7.18. The lowest BCUT2D eigenvalue weighted by atomic mass is 10.1. The summed E-state index contributed by atoms with van der Waals surface area (Å²) in [5.41, 5.74) is 5.00. The molecule has 0 spiro atoms. The molecule has 7 heteroatoms. The third-order valence-electron chi connectivity index (χ3n) is 5.69. The van der Waals surface area contributed by atoms with Gasteiger partial charge in [0.1, 0.15) is 11.4 Å². The zero-order valence-corrected chi connectivity index (χ0v) is 18.9. The molecule has 1 N–H and O–H groups in total. The van der Waals surface area contributed by atoms with Crippen molar-refractivity contribution in [2.75, 3.05) is 13.6 Å². The van der Waals surface area contributed by atoms with Gasteiger partial charge in [-0.15, -0.1) is 0 Å². The minimum Gasteiger partial charge on any atom is -0.463 e. The lowest BCUT2D eigenvalue weighted by Crippen LogP contribution is -2.29. The smallest absolute Gasteiger partial charge is 0.272 e. The van der Waals surface area contributed by atoms with Crippen LogP contribution in [0.25, 0.3) is 28.4 Å². The summed E-state index contributed by atoms with van der Waals surface area (Å²) in [5.74, 6) is 0.531. The Labute approximate surface area is 197 Å². The fraction of sp³-hybridized carbons (Fsp3) is 0.148. The number of aryl methyl sites for hydroxylation is 1. The van der Waals surface area contributed by atoms with Crippen LogP contribution in [0.1, 0.15) is 22.6 Å². The van der Waals surface area contributed by atoms with Gasteiger partial charge in [-0.1, -0.05) is 48.5 Å². The summed E-state index contributed by atoms with van der Waals surface area (Å²) in [7, 11) is 1.82. The second kappa shape index (κ2) is 9.62. The minimum atomic E-state index is -0.0938. The molecule has 7 nitrogen and oxygen atoms in total. The predicted octanol–water partition coefficient (Wildman–Crippen LogP) is 5.23. The first-order valence-corrected chi connectivity index (χ1v) is 11.2. The van der Waals surface area contributed by atoms with Crippen molar-refractivity contribution in [1.82, 2.24) is 24.9 Å². The SMILES string of the molecule is CN(CCCc1cc(-c2ccccc2)n[nH]1)C(=O)c1cc(-c2ccco2)nn1-c1ccccc1.